The Hall–Kier alpha value is -1.93. The Kier molecular flexibility index (Phi) is 7.38. The quantitative estimate of drug-likeness (QED) is 0.733. The fourth-order valence-electron chi connectivity index (χ4n) is 4.10. The molecule has 162 valence electrons. The Morgan fingerprint density at radius 2 is 1.90 bits per heavy atom. The van der Waals surface area contributed by atoms with Crippen LogP contribution in [0.3, 0.4) is 0 Å². The second kappa shape index (κ2) is 10.4. The standard InChI is InChI=1S/C23H31N3O3S/c1-28-14-11-25-9-7-19(8-10-25)24-22(27)21-17-20(18-5-3-2-4-6-18)23(30-21)26-12-15-29-16-13-26/h2-6,17,19H,7-16H2,1H3,(H,24,27). The lowest BCUT2D eigenvalue weighted by molar-refractivity contribution is 0.0896. The van der Waals surface area contributed by atoms with Crippen LogP contribution in [0.4, 0.5) is 5.00 Å². The van der Waals surface area contributed by atoms with Gasteiger partial charge in [-0.15, -0.1) is 11.3 Å². The van der Waals surface area contributed by atoms with Gasteiger partial charge in [-0.2, -0.15) is 0 Å². The minimum atomic E-state index is 0.0482. The molecule has 3 heterocycles. The first-order valence-electron chi connectivity index (χ1n) is 10.8. The topological polar surface area (TPSA) is 54.0 Å². The molecule has 2 aromatic rings. The zero-order valence-electron chi connectivity index (χ0n) is 17.6. The number of morpholine rings is 1. The van der Waals surface area contributed by atoms with Crippen molar-refractivity contribution in [3.8, 4) is 11.1 Å². The number of carbonyl (C=O) groups excluding carboxylic acids is 1. The van der Waals surface area contributed by atoms with Crippen molar-refractivity contribution in [2.24, 2.45) is 0 Å². The molecule has 0 atom stereocenters. The summed E-state index contributed by atoms with van der Waals surface area (Å²) in [7, 11) is 1.74. The fraction of sp³-hybridized carbons (Fsp3) is 0.522. The number of ether oxygens (including phenoxy) is 2. The van der Waals surface area contributed by atoms with Crippen LogP contribution in [0, 0.1) is 0 Å². The first-order valence-corrected chi connectivity index (χ1v) is 11.6. The SMILES string of the molecule is COCCN1CCC(NC(=O)c2cc(-c3ccccc3)c(N3CCOCC3)s2)CC1. The smallest absolute Gasteiger partial charge is 0.261 e. The average molecular weight is 430 g/mol. The van der Waals surface area contributed by atoms with Crippen molar-refractivity contribution in [2.45, 2.75) is 18.9 Å². The average Bonchev–Trinajstić information content (AvgIpc) is 3.26. The van der Waals surface area contributed by atoms with Crippen LogP contribution in [0.25, 0.3) is 11.1 Å². The Labute approximate surface area is 182 Å². The van der Waals surface area contributed by atoms with Gasteiger partial charge in [0.25, 0.3) is 5.91 Å². The molecule has 2 aliphatic heterocycles. The summed E-state index contributed by atoms with van der Waals surface area (Å²) < 4.78 is 10.7. The molecule has 0 aliphatic carbocycles. The van der Waals surface area contributed by atoms with Gasteiger partial charge in [0.1, 0.15) is 0 Å². The van der Waals surface area contributed by atoms with Crippen LogP contribution < -0.4 is 10.2 Å². The van der Waals surface area contributed by atoms with E-state index >= 15 is 0 Å². The molecule has 0 saturated carbocycles. The maximum Gasteiger partial charge on any atom is 0.261 e. The van der Waals surface area contributed by atoms with Crippen LogP contribution in [0.15, 0.2) is 36.4 Å². The molecule has 7 heteroatoms. The molecule has 2 saturated heterocycles. The van der Waals surface area contributed by atoms with Crippen molar-refractivity contribution in [3.05, 3.63) is 41.3 Å². The summed E-state index contributed by atoms with van der Waals surface area (Å²) in [6.07, 6.45) is 1.98. The minimum Gasteiger partial charge on any atom is -0.383 e. The van der Waals surface area contributed by atoms with Gasteiger partial charge in [-0.3, -0.25) is 4.79 Å². The van der Waals surface area contributed by atoms with Crippen molar-refractivity contribution in [3.63, 3.8) is 0 Å². The van der Waals surface area contributed by atoms with Gasteiger partial charge in [-0.25, -0.2) is 0 Å². The van der Waals surface area contributed by atoms with Crippen molar-refractivity contribution < 1.29 is 14.3 Å². The van der Waals surface area contributed by atoms with E-state index in [1.165, 1.54) is 5.00 Å². The van der Waals surface area contributed by atoms with E-state index in [-0.39, 0.29) is 11.9 Å². The Morgan fingerprint density at radius 3 is 2.60 bits per heavy atom. The minimum absolute atomic E-state index is 0.0482. The second-order valence-corrected chi connectivity index (χ2v) is 8.91. The van der Waals surface area contributed by atoms with Crippen molar-refractivity contribution in [2.75, 3.05) is 64.6 Å². The lowest BCUT2D eigenvalue weighted by Gasteiger charge is -2.32. The van der Waals surface area contributed by atoms with Crippen LogP contribution in [0.2, 0.25) is 0 Å². The van der Waals surface area contributed by atoms with Gasteiger partial charge in [0, 0.05) is 51.4 Å². The summed E-state index contributed by atoms with van der Waals surface area (Å²) in [6, 6.07) is 12.7. The molecule has 6 nitrogen and oxygen atoms in total. The van der Waals surface area contributed by atoms with E-state index in [9.17, 15) is 4.79 Å². The predicted molar refractivity (Wildman–Crippen MR) is 122 cm³/mol. The lowest BCUT2D eigenvalue weighted by atomic mass is 10.0. The molecule has 0 radical (unpaired) electrons. The van der Waals surface area contributed by atoms with Gasteiger partial charge < -0.3 is 24.6 Å². The number of nitrogens with zero attached hydrogens (tertiary/aromatic N) is 2. The predicted octanol–water partition coefficient (Wildman–Crippen LogP) is 3.09. The molecule has 4 rings (SSSR count). The normalized spacial score (nSPS) is 18.5. The summed E-state index contributed by atoms with van der Waals surface area (Å²) in [5, 5.41) is 4.45. The Balaban J connectivity index is 1.46. The highest BCUT2D eigenvalue weighted by Crippen LogP contribution is 2.39. The number of nitrogens with one attached hydrogen (secondary N) is 1. The first kappa shape index (κ1) is 21.3. The zero-order valence-corrected chi connectivity index (χ0v) is 18.5. The number of amides is 1. The van der Waals surface area contributed by atoms with Crippen LogP contribution in [0.5, 0.6) is 0 Å². The summed E-state index contributed by atoms with van der Waals surface area (Å²) in [5.74, 6) is 0.0482. The Bertz CT molecular complexity index is 812. The van der Waals surface area contributed by atoms with Gasteiger partial charge in [0.15, 0.2) is 0 Å². The third-order valence-corrected chi connectivity index (χ3v) is 7.05. The molecule has 1 aromatic carbocycles. The molecule has 1 aromatic heterocycles. The number of methoxy groups -OCH3 is 1. The summed E-state index contributed by atoms with van der Waals surface area (Å²) in [4.78, 5) is 18.6. The van der Waals surface area contributed by atoms with E-state index in [0.717, 1.165) is 81.4 Å². The number of hydrogen-bond acceptors (Lipinski definition) is 6. The van der Waals surface area contributed by atoms with Gasteiger partial charge in [0.05, 0.1) is 29.7 Å². The number of piperidine rings is 1. The summed E-state index contributed by atoms with van der Waals surface area (Å²) in [6.45, 7) is 6.93. The number of likely N-dealkylation sites (tertiary alicyclic amines) is 1. The maximum atomic E-state index is 13.1. The third-order valence-electron chi connectivity index (χ3n) is 5.85. The van der Waals surface area contributed by atoms with Gasteiger partial charge in [-0.05, 0) is 24.5 Å². The van der Waals surface area contributed by atoms with Gasteiger partial charge >= 0.3 is 0 Å². The summed E-state index contributed by atoms with van der Waals surface area (Å²) in [5.41, 5.74) is 2.29. The van der Waals surface area contributed by atoms with E-state index in [1.54, 1.807) is 18.4 Å². The highest BCUT2D eigenvalue weighted by molar-refractivity contribution is 7.18. The molecule has 2 aliphatic rings. The summed E-state index contributed by atoms with van der Waals surface area (Å²) >= 11 is 1.60. The van der Waals surface area contributed by atoms with Gasteiger partial charge in [-0.1, -0.05) is 30.3 Å². The molecule has 30 heavy (non-hydrogen) atoms. The number of rotatable bonds is 7. The Morgan fingerprint density at radius 1 is 1.17 bits per heavy atom. The van der Waals surface area contributed by atoms with E-state index < -0.39 is 0 Å². The molecule has 1 N–H and O–H groups in total. The number of anilines is 1. The van der Waals surface area contributed by atoms with Crippen LogP contribution in [0.1, 0.15) is 22.5 Å². The van der Waals surface area contributed by atoms with Crippen LogP contribution in [-0.4, -0.2) is 76.5 Å². The number of benzene rings is 1. The van der Waals surface area contributed by atoms with Crippen molar-refractivity contribution in [1.82, 2.24) is 10.2 Å². The number of hydrogen-bond donors (Lipinski definition) is 1. The van der Waals surface area contributed by atoms with Crippen LogP contribution in [-0.2, 0) is 9.47 Å². The molecule has 2 fully saturated rings. The van der Waals surface area contributed by atoms with Gasteiger partial charge in [0.2, 0.25) is 0 Å². The molecular weight excluding hydrogens is 398 g/mol. The van der Waals surface area contributed by atoms with Crippen molar-refractivity contribution in [1.29, 1.82) is 0 Å². The van der Waals surface area contributed by atoms with Crippen LogP contribution >= 0.6 is 11.3 Å². The lowest BCUT2D eigenvalue weighted by Crippen LogP contribution is -2.45. The van der Waals surface area contributed by atoms with E-state index in [0.29, 0.717) is 0 Å². The third kappa shape index (κ3) is 5.21. The van der Waals surface area contributed by atoms with E-state index in [1.807, 2.05) is 18.2 Å². The number of thiophene rings is 1. The maximum absolute atomic E-state index is 13.1. The monoisotopic (exact) mass is 429 g/mol. The first-order chi connectivity index (χ1) is 14.7. The van der Waals surface area contributed by atoms with Crippen molar-refractivity contribution >= 4 is 22.2 Å². The van der Waals surface area contributed by atoms with E-state index in [4.69, 9.17) is 9.47 Å². The largest absolute Gasteiger partial charge is 0.383 e. The second-order valence-electron chi connectivity index (χ2n) is 7.88. The number of carbonyl (C=O) groups is 1. The van der Waals surface area contributed by atoms with E-state index in [2.05, 4.69) is 33.3 Å². The zero-order chi connectivity index (χ0) is 20.8. The molecule has 1 amide bonds. The highest BCUT2D eigenvalue weighted by atomic mass is 32.1. The molecule has 0 spiro atoms. The fourth-order valence-corrected chi connectivity index (χ4v) is 5.23. The highest BCUT2D eigenvalue weighted by Gasteiger charge is 2.25. The molecule has 0 unspecified atom stereocenters. The molecule has 0 bridgehead atoms. The molecular formula is C23H31N3O3S.